The lowest BCUT2D eigenvalue weighted by Gasteiger charge is -2.13. The third-order valence-corrected chi connectivity index (χ3v) is 4.57. The Morgan fingerprint density at radius 2 is 1.95 bits per heavy atom. The van der Waals surface area contributed by atoms with E-state index in [0.717, 1.165) is 0 Å². The van der Waals surface area contributed by atoms with Crippen molar-refractivity contribution < 1.29 is 8.42 Å². The number of nitrogens with zero attached hydrogens (tertiary/aromatic N) is 1. The first-order chi connectivity index (χ1) is 9.94. The van der Waals surface area contributed by atoms with Crippen LogP contribution >= 0.6 is 23.2 Å². The summed E-state index contributed by atoms with van der Waals surface area (Å²) in [5, 5.41) is 3.62. The van der Waals surface area contributed by atoms with Gasteiger partial charge >= 0.3 is 0 Å². The molecule has 0 atom stereocenters. The van der Waals surface area contributed by atoms with E-state index < -0.39 is 10.0 Å². The summed E-state index contributed by atoms with van der Waals surface area (Å²) in [4.78, 5) is 3.90. The van der Waals surface area contributed by atoms with Crippen molar-refractivity contribution in [2.45, 2.75) is 11.8 Å². The van der Waals surface area contributed by atoms with Crippen LogP contribution < -0.4 is 10.0 Å². The predicted molar refractivity (Wildman–Crippen MR) is 85.7 cm³/mol. The van der Waals surface area contributed by atoms with Crippen LogP contribution in [0.1, 0.15) is 6.92 Å². The Bertz CT molecular complexity index is 751. The van der Waals surface area contributed by atoms with E-state index in [-0.39, 0.29) is 15.6 Å². The minimum Gasteiger partial charge on any atom is -0.384 e. The Morgan fingerprint density at radius 1 is 1.19 bits per heavy atom. The average molecular weight is 346 g/mol. The summed E-state index contributed by atoms with van der Waals surface area (Å²) in [7, 11) is -3.82. The monoisotopic (exact) mass is 345 g/mol. The van der Waals surface area contributed by atoms with E-state index in [0.29, 0.717) is 17.3 Å². The molecule has 0 radical (unpaired) electrons. The molecule has 1 heterocycles. The van der Waals surface area contributed by atoms with Gasteiger partial charge in [-0.15, -0.1) is 0 Å². The van der Waals surface area contributed by atoms with Crippen LogP contribution in [0.3, 0.4) is 0 Å². The number of anilines is 2. The highest BCUT2D eigenvalue weighted by Gasteiger charge is 2.20. The van der Waals surface area contributed by atoms with Crippen molar-refractivity contribution in [2.24, 2.45) is 0 Å². The van der Waals surface area contributed by atoms with Gasteiger partial charge in [0.25, 0.3) is 10.0 Å². The SMILES string of the molecule is CCNc1ccncc1S(=O)(=O)Nc1cc(Cl)ccc1Cl. The molecule has 1 aromatic heterocycles. The first kappa shape index (κ1) is 15.9. The minimum absolute atomic E-state index is 0.0443. The summed E-state index contributed by atoms with van der Waals surface area (Å²) in [6.45, 7) is 2.46. The first-order valence-corrected chi connectivity index (χ1v) is 8.33. The van der Waals surface area contributed by atoms with Gasteiger partial charge in [-0.2, -0.15) is 0 Å². The summed E-state index contributed by atoms with van der Waals surface area (Å²) in [6, 6.07) is 6.15. The Labute approximate surface area is 133 Å². The van der Waals surface area contributed by atoms with Crippen molar-refractivity contribution in [3.8, 4) is 0 Å². The molecule has 0 spiro atoms. The molecule has 0 saturated heterocycles. The molecule has 2 aromatic rings. The zero-order valence-corrected chi connectivity index (χ0v) is 13.4. The summed E-state index contributed by atoms with van der Waals surface area (Å²) < 4.78 is 27.4. The Balaban J connectivity index is 2.41. The van der Waals surface area contributed by atoms with Crippen molar-refractivity contribution in [2.75, 3.05) is 16.6 Å². The van der Waals surface area contributed by atoms with E-state index >= 15 is 0 Å². The molecular formula is C13H13Cl2N3O2S. The van der Waals surface area contributed by atoms with Crippen LogP contribution in [-0.2, 0) is 10.0 Å². The molecule has 2 N–H and O–H groups in total. The highest BCUT2D eigenvalue weighted by atomic mass is 35.5. The minimum atomic E-state index is -3.82. The van der Waals surface area contributed by atoms with Gasteiger partial charge in [0.1, 0.15) is 4.90 Å². The molecule has 0 aliphatic carbocycles. The number of benzene rings is 1. The van der Waals surface area contributed by atoms with Crippen LogP contribution in [0, 0.1) is 0 Å². The maximum Gasteiger partial charge on any atom is 0.265 e. The quantitative estimate of drug-likeness (QED) is 0.867. The van der Waals surface area contributed by atoms with Crippen molar-refractivity contribution >= 4 is 44.6 Å². The fourth-order valence-corrected chi connectivity index (χ4v) is 3.30. The number of halogens is 2. The lowest BCUT2D eigenvalue weighted by molar-refractivity contribution is 0.601. The standard InChI is InChI=1S/C13H13Cl2N3O2S/c1-2-17-11-5-6-16-8-13(11)21(19,20)18-12-7-9(14)3-4-10(12)15/h3-8,18H,2H2,1H3,(H,16,17). The second kappa shape index (κ2) is 6.51. The molecule has 2 rings (SSSR count). The predicted octanol–water partition coefficient (Wildman–Crippen LogP) is 3.62. The van der Waals surface area contributed by atoms with Crippen molar-refractivity contribution in [1.82, 2.24) is 4.98 Å². The number of pyridine rings is 1. The van der Waals surface area contributed by atoms with Gasteiger partial charge in [0.15, 0.2) is 0 Å². The number of nitrogens with one attached hydrogen (secondary N) is 2. The molecule has 0 bridgehead atoms. The number of sulfonamides is 1. The number of aromatic nitrogens is 1. The summed E-state index contributed by atoms with van der Waals surface area (Å²) in [6.07, 6.45) is 2.79. The van der Waals surface area contributed by atoms with Crippen LogP contribution in [0.15, 0.2) is 41.6 Å². The van der Waals surface area contributed by atoms with Gasteiger partial charge in [0, 0.05) is 24.0 Å². The van der Waals surface area contributed by atoms with Crippen LogP contribution in [0.25, 0.3) is 0 Å². The number of hydrogen-bond acceptors (Lipinski definition) is 4. The summed E-state index contributed by atoms with van der Waals surface area (Å²) in [5.41, 5.74) is 0.689. The molecule has 0 fully saturated rings. The highest BCUT2D eigenvalue weighted by Crippen LogP contribution is 2.29. The van der Waals surface area contributed by atoms with Gasteiger partial charge in [-0.05, 0) is 31.2 Å². The molecular weight excluding hydrogens is 333 g/mol. The lowest BCUT2D eigenvalue weighted by Crippen LogP contribution is -2.16. The summed E-state index contributed by atoms with van der Waals surface area (Å²) in [5.74, 6) is 0. The van der Waals surface area contributed by atoms with Crippen molar-refractivity contribution in [3.63, 3.8) is 0 Å². The zero-order chi connectivity index (χ0) is 15.5. The molecule has 21 heavy (non-hydrogen) atoms. The van der Waals surface area contributed by atoms with Crippen LogP contribution in [-0.4, -0.2) is 19.9 Å². The Kier molecular flexibility index (Phi) is 4.92. The second-order valence-electron chi connectivity index (χ2n) is 4.13. The van der Waals surface area contributed by atoms with Gasteiger partial charge in [-0.25, -0.2) is 8.42 Å². The Hall–Kier alpha value is -1.50. The summed E-state index contributed by atoms with van der Waals surface area (Å²) >= 11 is 11.8. The third kappa shape index (κ3) is 3.78. The van der Waals surface area contributed by atoms with E-state index in [1.54, 1.807) is 12.1 Å². The van der Waals surface area contributed by atoms with Crippen LogP contribution in [0.4, 0.5) is 11.4 Å². The molecule has 0 saturated carbocycles. The average Bonchev–Trinajstić information content (AvgIpc) is 2.43. The molecule has 0 aliphatic rings. The van der Waals surface area contributed by atoms with E-state index in [1.165, 1.54) is 24.5 Å². The topological polar surface area (TPSA) is 71.1 Å². The fraction of sp³-hybridized carbons (Fsp3) is 0.154. The smallest absolute Gasteiger partial charge is 0.265 e. The molecule has 5 nitrogen and oxygen atoms in total. The second-order valence-corrected chi connectivity index (χ2v) is 6.63. The van der Waals surface area contributed by atoms with Gasteiger partial charge < -0.3 is 5.32 Å². The molecule has 0 unspecified atom stereocenters. The van der Waals surface area contributed by atoms with E-state index in [2.05, 4.69) is 15.0 Å². The van der Waals surface area contributed by atoms with Crippen molar-refractivity contribution in [3.05, 3.63) is 46.7 Å². The fourth-order valence-electron chi connectivity index (χ4n) is 1.71. The molecule has 0 aliphatic heterocycles. The maximum atomic E-state index is 12.5. The zero-order valence-electron chi connectivity index (χ0n) is 11.1. The van der Waals surface area contributed by atoms with Gasteiger partial charge in [-0.1, -0.05) is 23.2 Å². The Morgan fingerprint density at radius 3 is 2.67 bits per heavy atom. The van der Waals surface area contributed by atoms with Gasteiger partial charge in [-0.3, -0.25) is 9.71 Å². The normalized spacial score (nSPS) is 11.2. The first-order valence-electron chi connectivity index (χ1n) is 6.10. The maximum absolute atomic E-state index is 12.5. The molecule has 0 amide bonds. The highest BCUT2D eigenvalue weighted by molar-refractivity contribution is 7.92. The molecule has 1 aromatic carbocycles. The van der Waals surface area contributed by atoms with Crippen molar-refractivity contribution in [1.29, 1.82) is 0 Å². The molecule has 112 valence electrons. The largest absolute Gasteiger partial charge is 0.384 e. The van der Waals surface area contributed by atoms with Gasteiger partial charge in [0.2, 0.25) is 0 Å². The van der Waals surface area contributed by atoms with Gasteiger partial charge in [0.05, 0.1) is 16.4 Å². The van der Waals surface area contributed by atoms with E-state index in [1.807, 2.05) is 6.92 Å². The number of hydrogen-bond donors (Lipinski definition) is 2. The van der Waals surface area contributed by atoms with E-state index in [9.17, 15) is 8.42 Å². The van der Waals surface area contributed by atoms with E-state index in [4.69, 9.17) is 23.2 Å². The third-order valence-electron chi connectivity index (χ3n) is 2.61. The lowest BCUT2D eigenvalue weighted by atomic mass is 10.3. The number of rotatable bonds is 5. The molecule has 8 heteroatoms. The van der Waals surface area contributed by atoms with Crippen LogP contribution in [0.5, 0.6) is 0 Å². The van der Waals surface area contributed by atoms with Crippen LogP contribution in [0.2, 0.25) is 10.0 Å².